The molecule has 10 nitrogen and oxygen atoms in total. The van der Waals surface area contributed by atoms with E-state index in [-0.39, 0.29) is 64.9 Å². The number of allylic oxidation sites excluding steroid dienone is 1. The monoisotopic (exact) mass is 803 g/mol. The molecular weight excluding hydrogens is 733 g/mol. The Balaban J connectivity index is 1.17. The minimum Gasteiger partial charge on any atom is -0.481 e. The van der Waals surface area contributed by atoms with Crippen LogP contribution in [0, 0.1) is 62.1 Å². The number of hydrogen-bond acceptors (Lipinski definition) is 6. The molecule has 0 heterocycles. The molecule has 0 bridgehead atoms. The van der Waals surface area contributed by atoms with Gasteiger partial charge in [-0.25, -0.2) is 0 Å². The van der Waals surface area contributed by atoms with Crippen LogP contribution in [0.25, 0.3) is 0 Å². The number of aliphatic carboxylic acids is 2. The number of amides is 2. The van der Waals surface area contributed by atoms with Crippen LogP contribution in [0.2, 0.25) is 0 Å². The highest BCUT2D eigenvalue weighted by molar-refractivity contribution is 5.94. The lowest BCUT2D eigenvalue weighted by atomic mass is 9.32. The summed E-state index contributed by atoms with van der Waals surface area (Å²) in [5.41, 5.74) is 0.946. The molecule has 0 spiro atoms. The summed E-state index contributed by atoms with van der Waals surface area (Å²) in [6.45, 7) is 22.6. The van der Waals surface area contributed by atoms with Crippen LogP contribution in [-0.2, 0) is 30.3 Å². The molecule has 1 aromatic rings. The van der Waals surface area contributed by atoms with Gasteiger partial charge in [0.15, 0.2) is 0 Å². The van der Waals surface area contributed by atoms with Gasteiger partial charge in [0.2, 0.25) is 5.91 Å². The molecule has 6 rings (SSSR count). The smallest absolute Gasteiger partial charge is 0.309 e. The second-order valence-electron chi connectivity index (χ2n) is 21.2. The molecule has 58 heavy (non-hydrogen) atoms. The van der Waals surface area contributed by atoms with Crippen LogP contribution in [-0.4, -0.2) is 59.1 Å². The number of carboxylic acid groups (broad SMARTS) is 2. The Hall–Kier alpha value is -3.69. The van der Waals surface area contributed by atoms with Crippen molar-refractivity contribution in [3.63, 3.8) is 0 Å². The molecule has 4 N–H and O–H groups in total. The number of rotatable bonds is 13. The summed E-state index contributed by atoms with van der Waals surface area (Å²) < 4.78 is 6.17. The molecular formula is C48H70N2O8. The summed E-state index contributed by atoms with van der Waals surface area (Å²) >= 11 is 0. The van der Waals surface area contributed by atoms with Gasteiger partial charge in [0, 0.05) is 24.1 Å². The third-order valence-electron chi connectivity index (χ3n) is 17.4. The average Bonchev–Trinajstić information content (AvgIpc) is 3.54. The number of esters is 1. The van der Waals surface area contributed by atoms with Crippen LogP contribution in [0.15, 0.2) is 36.4 Å². The predicted molar refractivity (Wildman–Crippen MR) is 223 cm³/mol. The lowest BCUT2D eigenvalue weighted by molar-refractivity contribution is -0.249. The van der Waals surface area contributed by atoms with Crippen molar-refractivity contribution < 1.29 is 38.9 Å². The van der Waals surface area contributed by atoms with Crippen molar-refractivity contribution in [3.05, 3.63) is 47.5 Å². The minimum atomic E-state index is -1.17. The van der Waals surface area contributed by atoms with Gasteiger partial charge in [0.25, 0.3) is 5.91 Å². The first-order valence-electron chi connectivity index (χ1n) is 22.0. The van der Waals surface area contributed by atoms with Gasteiger partial charge < -0.3 is 25.6 Å². The average molecular weight is 803 g/mol. The van der Waals surface area contributed by atoms with E-state index in [0.717, 1.165) is 69.8 Å². The van der Waals surface area contributed by atoms with Gasteiger partial charge in [0.1, 0.15) is 6.10 Å². The highest BCUT2D eigenvalue weighted by Crippen LogP contribution is 2.77. The second-order valence-corrected chi connectivity index (χ2v) is 21.2. The summed E-state index contributed by atoms with van der Waals surface area (Å²) in [5, 5.41) is 24.6. The zero-order valence-electron chi connectivity index (χ0n) is 36.4. The van der Waals surface area contributed by atoms with Crippen molar-refractivity contribution in [2.45, 2.75) is 145 Å². The maximum Gasteiger partial charge on any atom is 0.309 e. The van der Waals surface area contributed by atoms with Crippen LogP contribution in [0.4, 0.5) is 0 Å². The van der Waals surface area contributed by atoms with Gasteiger partial charge in [-0.2, -0.15) is 0 Å². The first-order chi connectivity index (χ1) is 27.0. The normalized spacial score (nSPS) is 36.2. The van der Waals surface area contributed by atoms with Crippen LogP contribution in [0.3, 0.4) is 0 Å². The van der Waals surface area contributed by atoms with Gasteiger partial charge in [0.05, 0.1) is 23.7 Å². The van der Waals surface area contributed by atoms with E-state index in [1.807, 2.05) is 18.2 Å². The summed E-state index contributed by atoms with van der Waals surface area (Å²) in [6.07, 6.45) is 9.91. The lowest BCUT2D eigenvalue weighted by Crippen LogP contribution is -2.67. The first-order valence-corrected chi connectivity index (χ1v) is 22.0. The molecule has 5 fully saturated rings. The van der Waals surface area contributed by atoms with E-state index in [2.05, 4.69) is 58.8 Å². The fraction of sp³-hybridized carbons (Fsp3) is 0.729. The molecule has 10 heteroatoms. The third kappa shape index (κ3) is 7.41. The fourth-order valence-electron chi connectivity index (χ4n) is 14.1. The number of carbonyl (C=O) groups excluding carboxylic acids is 3. The first kappa shape index (κ1) is 43.9. The van der Waals surface area contributed by atoms with Crippen LogP contribution in [0.1, 0.15) is 148 Å². The van der Waals surface area contributed by atoms with Crippen molar-refractivity contribution in [2.75, 3.05) is 13.1 Å². The summed E-state index contributed by atoms with van der Waals surface area (Å²) in [4.78, 5) is 63.1. The SMILES string of the molecule is C=C(C)[C@@H]1CC[C@]2(C(=O)NCCc3cccc(C(=O)NCCC(=O)O)c3)CC[C@]3(C)[C@H](CC[C@@H]4[C@@]5(C)CC[C@H](OC(=O)CC(C)(C)C(=O)O)C(C)(C)[C@@H]5CC[C@]43C)[C@@H]12. The lowest BCUT2D eigenvalue weighted by Gasteiger charge is -2.72. The quantitative estimate of drug-likeness (QED) is 0.114. The number of hydrogen-bond donors (Lipinski definition) is 4. The Morgan fingerprint density at radius 3 is 2.24 bits per heavy atom. The molecule has 0 unspecified atom stereocenters. The topological polar surface area (TPSA) is 159 Å². The molecule has 0 radical (unpaired) electrons. The van der Waals surface area contributed by atoms with E-state index in [0.29, 0.717) is 42.2 Å². The fourth-order valence-corrected chi connectivity index (χ4v) is 14.1. The molecule has 2 amide bonds. The molecule has 1 aromatic carbocycles. The number of ether oxygens (including phenoxy) is 1. The molecule has 10 atom stereocenters. The maximum absolute atomic E-state index is 14.7. The van der Waals surface area contributed by atoms with Crippen molar-refractivity contribution in [3.8, 4) is 0 Å². The molecule has 320 valence electrons. The van der Waals surface area contributed by atoms with E-state index >= 15 is 0 Å². The van der Waals surface area contributed by atoms with Crippen molar-refractivity contribution in [2.24, 2.45) is 62.1 Å². The van der Waals surface area contributed by atoms with Gasteiger partial charge >= 0.3 is 17.9 Å². The summed E-state index contributed by atoms with van der Waals surface area (Å²) in [7, 11) is 0. The molecule has 5 saturated carbocycles. The largest absolute Gasteiger partial charge is 0.481 e. The molecule has 0 aromatic heterocycles. The highest BCUT2D eigenvalue weighted by atomic mass is 16.5. The van der Waals surface area contributed by atoms with Crippen LogP contribution >= 0.6 is 0 Å². The molecule has 5 aliphatic carbocycles. The van der Waals surface area contributed by atoms with Gasteiger partial charge in [-0.15, -0.1) is 0 Å². The Bertz CT molecular complexity index is 1820. The Labute approximate surface area is 346 Å². The highest BCUT2D eigenvalue weighted by Gasteiger charge is 2.72. The standard InChI is InChI=1S/C48H70N2O8/c1-29(2)32-15-22-48(41(55)50-25-18-30-11-10-12-31(27-30)40(54)49-26-19-37(51)52)24-23-46(8)33(39(32)48)13-14-35-45(7)20-17-36(58-38(53)28-43(3,4)42(56)57)44(5,6)34(45)16-21-47(35,46)9/h10-12,27,32-36,39H,1,13-26,28H2,2-9H3,(H,49,54)(H,50,55)(H,51,52)(H,56,57)/t32-,33+,34-,35+,36-,39+,45-,46+,47+,48-/m0/s1. The van der Waals surface area contributed by atoms with Gasteiger partial charge in [-0.05, 0) is 155 Å². The molecule has 5 aliphatic rings. The molecule has 0 aliphatic heterocycles. The summed E-state index contributed by atoms with van der Waals surface area (Å²) in [5.74, 6) is -0.730. The third-order valence-corrected chi connectivity index (χ3v) is 17.4. The van der Waals surface area contributed by atoms with Gasteiger partial charge in [-0.3, -0.25) is 24.0 Å². The predicted octanol–water partition coefficient (Wildman–Crippen LogP) is 8.62. The minimum absolute atomic E-state index is 0.0533. The second kappa shape index (κ2) is 15.7. The van der Waals surface area contributed by atoms with E-state index in [1.165, 1.54) is 5.57 Å². The number of benzene rings is 1. The van der Waals surface area contributed by atoms with E-state index in [9.17, 15) is 29.1 Å². The number of nitrogens with one attached hydrogen (secondary N) is 2. The van der Waals surface area contributed by atoms with E-state index in [1.54, 1.807) is 19.9 Å². The Morgan fingerprint density at radius 1 is 0.845 bits per heavy atom. The molecule has 0 saturated heterocycles. The Kier molecular flexibility index (Phi) is 11.9. The zero-order chi connectivity index (χ0) is 42.6. The maximum atomic E-state index is 14.7. The van der Waals surface area contributed by atoms with Crippen molar-refractivity contribution in [1.82, 2.24) is 10.6 Å². The number of carboxylic acids is 2. The number of carbonyl (C=O) groups is 5. The Morgan fingerprint density at radius 2 is 1.57 bits per heavy atom. The van der Waals surface area contributed by atoms with Crippen LogP contribution in [0.5, 0.6) is 0 Å². The summed E-state index contributed by atoms with van der Waals surface area (Å²) in [6, 6.07) is 7.32. The van der Waals surface area contributed by atoms with Crippen molar-refractivity contribution >= 4 is 29.7 Å². The van der Waals surface area contributed by atoms with Crippen LogP contribution < -0.4 is 10.6 Å². The van der Waals surface area contributed by atoms with Crippen molar-refractivity contribution in [1.29, 1.82) is 0 Å². The van der Waals surface area contributed by atoms with E-state index in [4.69, 9.17) is 9.84 Å². The number of fused-ring (bicyclic) bond motifs is 7. The zero-order valence-corrected chi connectivity index (χ0v) is 36.4. The van der Waals surface area contributed by atoms with Gasteiger partial charge in [-0.1, -0.05) is 58.9 Å². The van der Waals surface area contributed by atoms with E-state index < -0.39 is 28.7 Å².